The number of carbonyl (C=O) groups is 1. The van der Waals surface area contributed by atoms with E-state index in [-0.39, 0.29) is 17.5 Å². The summed E-state index contributed by atoms with van der Waals surface area (Å²) in [6.07, 6.45) is 2.86. The van der Waals surface area contributed by atoms with E-state index >= 15 is 0 Å². The Morgan fingerprint density at radius 1 is 1.17 bits per heavy atom. The van der Waals surface area contributed by atoms with Crippen molar-refractivity contribution in [3.63, 3.8) is 0 Å². The predicted octanol–water partition coefficient (Wildman–Crippen LogP) is 3.05. The van der Waals surface area contributed by atoms with Gasteiger partial charge in [-0.2, -0.15) is 5.10 Å². The van der Waals surface area contributed by atoms with Gasteiger partial charge in [-0.1, -0.05) is 36.4 Å². The summed E-state index contributed by atoms with van der Waals surface area (Å²) in [4.78, 5) is 16.7. The first kappa shape index (κ1) is 18.3. The molecule has 146 valence electrons. The molecule has 0 spiro atoms. The van der Waals surface area contributed by atoms with E-state index in [0.29, 0.717) is 23.7 Å². The number of hydrogen-bond acceptors (Lipinski definition) is 6. The monoisotopic (exact) mass is 389 g/mol. The highest BCUT2D eigenvalue weighted by Gasteiger charge is 2.18. The van der Waals surface area contributed by atoms with Gasteiger partial charge in [0.15, 0.2) is 5.69 Å². The number of nitrogens with two attached hydrogens (primary N) is 1. The average Bonchev–Trinajstić information content (AvgIpc) is 3.39. The molecular weight excluding hydrogens is 370 g/mol. The molecule has 4 rings (SSSR count). The number of para-hydroxylation sites is 2. The van der Waals surface area contributed by atoms with Gasteiger partial charge in [0.2, 0.25) is 5.89 Å². The van der Waals surface area contributed by atoms with Crippen molar-refractivity contribution in [3.05, 3.63) is 78.3 Å². The lowest BCUT2D eigenvalue weighted by Crippen LogP contribution is -2.23. The highest BCUT2D eigenvalue weighted by Crippen LogP contribution is 2.27. The van der Waals surface area contributed by atoms with Crippen molar-refractivity contribution in [2.24, 2.45) is 0 Å². The van der Waals surface area contributed by atoms with Gasteiger partial charge in [-0.15, -0.1) is 0 Å². The zero-order valence-electron chi connectivity index (χ0n) is 15.7. The average molecular weight is 389 g/mol. The van der Waals surface area contributed by atoms with Crippen LogP contribution in [0.1, 0.15) is 16.1 Å². The van der Waals surface area contributed by atoms with Crippen molar-refractivity contribution in [1.29, 1.82) is 0 Å². The quantitative estimate of drug-likeness (QED) is 0.525. The van der Waals surface area contributed by atoms with Gasteiger partial charge in [-0.3, -0.25) is 4.79 Å². The van der Waals surface area contributed by atoms with Crippen LogP contribution in [0, 0.1) is 0 Å². The molecule has 4 aromatic rings. The third-order valence-corrected chi connectivity index (χ3v) is 4.41. The second-order valence-electron chi connectivity index (χ2n) is 6.22. The van der Waals surface area contributed by atoms with E-state index in [1.165, 1.54) is 6.26 Å². The van der Waals surface area contributed by atoms with Crippen molar-refractivity contribution in [2.45, 2.75) is 6.54 Å². The number of anilines is 1. The molecule has 0 aliphatic rings. The zero-order chi connectivity index (χ0) is 20.2. The largest absolute Gasteiger partial charge is 0.496 e. The van der Waals surface area contributed by atoms with E-state index in [4.69, 9.17) is 14.9 Å². The van der Waals surface area contributed by atoms with Crippen molar-refractivity contribution < 1.29 is 13.9 Å². The normalized spacial score (nSPS) is 10.7. The second kappa shape index (κ2) is 7.89. The molecule has 2 aromatic carbocycles. The third-order valence-electron chi connectivity index (χ3n) is 4.41. The maximum Gasteiger partial charge on any atom is 0.273 e. The highest BCUT2D eigenvalue weighted by molar-refractivity contribution is 5.92. The molecule has 8 heteroatoms. The number of ether oxygens (including phenoxy) is 1. The molecule has 2 heterocycles. The van der Waals surface area contributed by atoms with E-state index in [2.05, 4.69) is 15.4 Å². The number of aromatic nitrogens is 3. The van der Waals surface area contributed by atoms with E-state index in [0.717, 1.165) is 11.3 Å². The fraction of sp³-hybridized carbons (Fsp3) is 0.0952. The number of hydrogen-bond donors (Lipinski definition) is 2. The summed E-state index contributed by atoms with van der Waals surface area (Å²) in [6.45, 7) is 0.305. The number of benzene rings is 2. The van der Waals surface area contributed by atoms with Crippen molar-refractivity contribution in [2.75, 3.05) is 12.8 Å². The molecule has 0 aliphatic heterocycles. The Morgan fingerprint density at radius 2 is 1.93 bits per heavy atom. The Morgan fingerprint density at radius 3 is 2.72 bits per heavy atom. The smallest absolute Gasteiger partial charge is 0.273 e. The molecule has 0 aliphatic carbocycles. The van der Waals surface area contributed by atoms with Crippen molar-refractivity contribution >= 4 is 11.7 Å². The van der Waals surface area contributed by atoms with Gasteiger partial charge in [-0.25, -0.2) is 9.67 Å². The molecular formula is C21H19N5O3. The molecule has 3 N–H and O–H groups in total. The van der Waals surface area contributed by atoms with Gasteiger partial charge in [0, 0.05) is 12.1 Å². The fourth-order valence-electron chi connectivity index (χ4n) is 2.91. The Hall–Kier alpha value is -4.07. The molecule has 0 bridgehead atoms. The van der Waals surface area contributed by atoms with E-state index in [1.807, 2.05) is 54.6 Å². The summed E-state index contributed by atoms with van der Waals surface area (Å²) < 4.78 is 12.3. The first-order valence-corrected chi connectivity index (χ1v) is 8.92. The van der Waals surface area contributed by atoms with Crippen LogP contribution in [0.25, 0.3) is 17.1 Å². The molecule has 8 nitrogen and oxygen atoms in total. The second-order valence-corrected chi connectivity index (χ2v) is 6.22. The third kappa shape index (κ3) is 3.68. The van der Waals surface area contributed by atoms with Crippen LogP contribution in [0.2, 0.25) is 0 Å². The maximum atomic E-state index is 12.4. The molecule has 0 saturated heterocycles. The lowest BCUT2D eigenvalue weighted by atomic mass is 10.2. The first-order valence-electron chi connectivity index (χ1n) is 8.92. The van der Waals surface area contributed by atoms with Gasteiger partial charge in [-0.05, 0) is 18.2 Å². The summed E-state index contributed by atoms with van der Waals surface area (Å²) in [6, 6.07) is 16.9. The molecule has 1 amide bonds. The molecule has 2 aromatic heterocycles. The highest BCUT2D eigenvalue weighted by atomic mass is 16.5. The number of rotatable bonds is 6. The fourth-order valence-corrected chi connectivity index (χ4v) is 2.91. The van der Waals surface area contributed by atoms with Crippen LogP contribution in [0.4, 0.5) is 5.82 Å². The zero-order valence-corrected chi connectivity index (χ0v) is 15.7. The summed E-state index contributed by atoms with van der Waals surface area (Å²) in [7, 11) is 1.59. The van der Waals surface area contributed by atoms with Crippen LogP contribution < -0.4 is 15.8 Å². The minimum absolute atomic E-state index is 0.154. The van der Waals surface area contributed by atoms with Crippen molar-refractivity contribution in [1.82, 2.24) is 20.1 Å². The summed E-state index contributed by atoms with van der Waals surface area (Å²) in [5.74, 6) is 0.945. The summed E-state index contributed by atoms with van der Waals surface area (Å²) in [5, 5.41) is 7.10. The van der Waals surface area contributed by atoms with E-state index in [9.17, 15) is 4.79 Å². The Kier molecular flexibility index (Phi) is 4.98. The number of carbonyl (C=O) groups excluding carboxylic acids is 1. The Bertz CT molecular complexity index is 1130. The number of amides is 1. The molecule has 0 fully saturated rings. The van der Waals surface area contributed by atoms with Crippen molar-refractivity contribution in [3.8, 4) is 22.9 Å². The number of methoxy groups -OCH3 is 1. The van der Waals surface area contributed by atoms with Crippen LogP contribution in [0.5, 0.6) is 5.75 Å². The molecule has 29 heavy (non-hydrogen) atoms. The number of nitrogens with one attached hydrogen (secondary N) is 1. The van der Waals surface area contributed by atoms with Crippen LogP contribution in [0.15, 0.2) is 71.5 Å². The minimum Gasteiger partial charge on any atom is -0.496 e. The van der Waals surface area contributed by atoms with Crippen LogP contribution in [-0.2, 0) is 6.54 Å². The number of nitrogens with zero attached hydrogens (tertiary/aromatic N) is 3. The Labute approximate surface area is 166 Å². The molecule has 0 saturated carbocycles. The molecule has 0 unspecified atom stereocenters. The van der Waals surface area contributed by atoms with Gasteiger partial charge >= 0.3 is 0 Å². The molecule has 0 atom stereocenters. The lowest BCUT2D eigenvalue weighted by Gasteiger charge is -2.08. The summed E-state index contributed by atoms with van der Waals surface area (Å²) >= 11 is 0. The van der Waals surface area contributed by atoms with E-state index in [1.54, 1.807) is 18.0 Å². The predicted molar refractivity (Wildman–Crippen MR) is 108 cm³/mol. The standard InChI is InChI=1S/C21H19N5O3/c1-28-18-10-6-5-7-14(18)11-23-20(27)17-13-29-21(25-17)16-12-24-26(19(16)22)15-8-3-2-4-9-15/h2-10,12-13H,11,22H2,1H3,(H,23,27). The van der Waals surface area contributed by atoms with Gasteiger partial charge in [0.1, 0.15) is 17.8 Å². The lowest BCUT2D eigenvalue weighted by molar-refractivity contribution is 0.0945. The van der Waals surface area contributed by atoms with Gasteiger partial charge in [0.25, 0.3) is 5.91 Å². The van der Waals surface area contributed by atoms with Gasteiger partial charge in [0.05, 0.1) is 24.6 Å². The first-order chi connectivity index (χ1) is 14.2. The van der Waals surface area contributed by atoms with Gasteiger partial charge < -0.3 is 20.2 Å². The SMILES string of the molecule is COc1ccccc1CNC(=O)c1coc(-c2cnn(-c3ccccc3)c2N)n1. The topological polar surface area (TPSA) is 108 Å². The summed E-state index contributed by atoms with van der Waals surface area (Å²) in [5.41, 5.74) is 8.55. The van der Waals surface area contributed by atoms with Crippen LogP contribution >= 0.6 is 0 Å². The minimum atomic E-state index is -0.361. The van der Waals surface area contributed by atoms with Crippen LogP contribution in [0.3, 0.4) is 0 Å². The maximum absolute atomic E-state index is 12.4. The Balaban J connectivity index is 1.50. The van der Waals surface area contributed by atoms with Crippen LogP contribution in [-0.4, -0.2) is 27.8 Å². The number of oxazole rings is 1. The number of nitrogen functional groups attached to an aromatic ring is 1. The molecule has 0 radical (unpaired) electrons. The van der Waals surface area contributed by atoms with E-state index < -0.39 is 0 Å².